The van der Waals surface area contributed by atoms with E-state index in [2.05, 4.69) is 37.2 Å². The predicted octanol–water partition coefficient (Wildman–Crippen LogP) is 2.56. The number of nitrogens with one attached hydrogen (secondary N) is 2. The number of rotatable bonds is 2. The molecule has 104 valence electrons. The molecular formula is C11H9BrCl2N6. The Morgan fingerprint density at radius 3 is 2.75 bits per heavy atom. The molecule has 0 spiro atoms. The first kappa shape index (κ1) is 13.7. The summed E-state index contributed by atoms with van der Waals surface area (Å²) in [5, 5.41) is 11.3. The van der Waals surface area contributed by atoms with Gasteiger partial charge in [-0.25, -0.2) is 10.2 Å². The highest BCUT2D eigenvalue weighted by atomic mass is 79.9. The lowest BCUT2D eigenvalue weighted by molar-refractivity contribution is 0.349. The molecule has 0 radical (unpaired) electrons. The molecule has 0 fully saturated rings. The van der Waals surface area contributed by atoms with Crippen molar-refractivity contribution < 1.29 is 0 Å². The Bertz CT molecular complexity index is 698. The second-order valence-corrected chi connectivity index (χ2v) is 5.67. The number of aromatic nitrogens is 2. The van der Waals surface area contributed by atoms with Gasteiger partial charge in [0.15, 0.2) is 5.84 Å². The predicted molar refractivity (Wildman–Crippen MR) is 81.9 cm³/mol. The van der Waals surface area contributed by atoms with Crippen LogP contribution in [0.5, 0.6) is 0 Å². The third kappa shape index (κ3) is 2.26. The van der Waals surface area contributed by atoms with Gasteiger partial charge in [-0.05, 0) is 34.1 Å². The quantitative estimate of drug-likeness (QED) is 0.846. The van der Waals surface area contributed by atoms with Crippen molar-refractivity contribution >= 4 is 45.0 Å². The molecule has 0 unspecified atom stereocenters. The number of benzene rings is 1. The van der Waals surface area contributed by atoms with E-state index < -0.39 is 0 Å². The molecule has 1 aromatic carbocycles. The molecule has 6 nitrogen and oxygen atoms in total. The Morgan fingerprint density at radius 1 is 1.30 bits per heavy atom. The summed E-state index contributed by atoms with van der Waals surface area (Å²) in [7, 11) is 1.85. The lowest BCUT2D eigenvalue weighted by Gasteiger charge is -2.11. The summed E-state index contributed by atoms with van der Waals surface area (Å²) < 4.78 is 2.43. The van der Waals surface area contributed by atoms with Crippen LogP contribution >= 0.6 is 39.1 Å². The SMILES string of the molecule is CN1NNN=C1c1cnn(-c2ccc(Cl)cc2Cl)c1Br. The summed E-state index contributed by atoms with van der Waals surface area (Å²) in [4.78, 5) is 0. The van der Waals surface area contributed by atoms with Crippen molar-refractivity contribution in [2.24, 2.45) is 5.10 Å². The molecule has 3 rings (SSSR count). The van der Waals surface area contributed by atoms with Crippen LogP contribution < -0.4 is 11.1 Å². The minimum absolute atomic E-state index is 0.519. The number of hydrazone groups is 1. The molecule has 1 aliphatic heterocycles. The van der Waals surface area contributed by atoms with Crippen LogP contribution in [0.1, 0.15) is 5.56 Å². The van der Waals surface area contributed by atoms with Gasteiger partial charge in [-0.1, -0.05) is 23.2 Å². The summed E-state index contributed by atoms with van der Waals surface area (Å²) in [5.74, 6) is 0.716. The Kier molecular flexibility index (Phi) is 3.59. The van der Waals surface area contributed by atoms with Gasteiger partial charge in [0.25, 0.3) is 0 Å². The lowest BCUT2D eigenvalue weighted by Crippen LogP contribution is -2.37. The topological polar surface area (TPSA) is 57.5 Å². The Hall–Kier alpha value is -1.28. The molecule has 20 heavy (non-hydrogen) atoms. The molecule has 0 amide bonds. The second-order valence-electron chi connectivity index (χ2n) is 4.07. The fourth-order valence-corrected chi connectivity index (χ4v) is 2.88. The van der Waals surface area contributed by atoms with Crippen LogP contribution in [-0.4, -0.2) is 27.7 Å². The van der Waals surface area contributed by atoms with Crippen molar-refractivity contribution in [3.8, 4) is 5.69 Å². The van der Waals surface area contributed by atoms with Crippen molar-refractivity contribution in [2.45, 2.75) is 0 Å². The maximum Gasteiger partial charge on any atom is 0.177 e. The van der Waals surface area contributed by atoms with Gasteiger partial charge in [0.05, 0.1) is 22.5 Å². The minimum atomic E-state index is 0.519. The van der Waals surface area contributed by atoms with Crippen molar-refractivity contribution in [1.82, 2.24) is 25.9 Å². The van der Waals surface area contributed by atoms with Gasteiger partial charge in [-0.15, -0.1) is 10.6 Å². The zero-order valence-electron chi connectivity index (χ0n) is 10.2. The summed E-state index contributed by atoms with van der Waals surface area (Å²) in [6, 6.07) is 5.25. The molecule has 1 aromatic heterocycles. The molecule has 0 bridgehead atoms. The molecule has 2 aromatic rings. The highest BCUT2D eigenvalue weighted by molar-refractivity contribution is 9.10. The lowest BCUT2D eigenvalue weighted by atomic mass is 10.3. The van der Waals surface area contributed by atoms with Crippen molar-refractivity contribution in [3.63, 3.8) is 0 Å². The molecule has 9 heteroatoms. The average Bonchev–Trinajstić information content (AvgIpc) is 2.96. The zero-order chi connectivity index (χ0) is 14.3. The molecule has 0 aliphatic carbocycles. The number of hydrogen-bond donors (Lipinski definition) is 2. The number of amidine groups is 1. The van der Waals surface area contributed by atoms with Crippen LogP contribution in [0.2, 0.25) is 10.0 Å². The molecule has 1 aliphatic rings. The molecule has 2 N–H and O–H groups in total. The van der Waals surface area contributed by atoms with Crippen LogP contribution in [-0.2, 0) is 0 Å². The Labute approximate surface area is 133 Å². The minimum Gasteiger partial charge on any atom is -0.274 e. The van der Waals surface area contributed by atoms with E-state index in [-0.39, 0.29) is 0 Å². The molecule has 0 saturated heterocycles. The van der Waals surface area contributed by atoms with Gasteiger partial charge in [0, 0.05) is 12.1 Å². The van der Waals surface area contributed by atoms with E-state index in [0.29, 0.717) is 15.9 Å². The summed E-state index contributed by atoms with van der Waals surface area (Å²) in [5.41, 5.74) is 7.08. The van der Waals surface area contributed by atoms with E-state index >= 15 is 0 Å². The van der Waals surface area contributed by atoms with Gasteiger partial charge in [-0.2, -0.15) is 5.10 Å². The van der Waals surface area contributed by atoms with E-state index in [1.807, 2.05) is 13.1 Å². The van der Waals surface area contributed by atoms with Gasteiger partial charge in [0.1, 0.15) is 4.60 Å². The van der Waals surface area contributed by atoms with Gasteiger partial charge >= 0.3 is 0 Å². The van der Waals surface area contributed by atoms with E-state index in [0.717, 1.165) is 15.9 Å². The number of halogens is 3. The maximum atomic E-state index is 6.20. The van der Waals surface area contributed by atoms with E-state index in [1.54, 1.807) is 28.0 Å². The van der Waals surface area contributed by atoms with Crippen LogP contribution in [0.25, 0.3) is 5.69 Å². The van der Waals surface area contributed by atoms with E-state index in [4.69, 9.17) is 23.2 Å². The van der Waals surface area contributed by atoms with Crippen LogP contribution in [0.3, 0.4) is 0 Å². The van der Waals surface area contributed by atoms with Crippen LogP contribution in [0.4, 0.5) is 0 Å². The first-order valence-electron chi connectivity index (χ1n) is 5.59. The molecular weight excluding hydrogens is 367 g/mol. The van der Waals surface area contributed by atoms with E-state index in [9.17, 15) is 0 Å². The van der Waals surface area contributed by atoms with Crippen molar-refractivity contribution in [2.75, 3.05) is 7.05 Å². The second kappa shape index (κ2) is 5.25. The first-order chi connectivity index (χ1) is 9.58. The first-order valence-corrected chi connectivity index (χ1v) is 7.14. The number of hydrazine groups is 2. The van der Waals surface area contributed by atoms with Crippen LogP contribution in [0.15, 0.2) is 34.1 Å². The normalized spacial score (nSPS) is 14.4. The monoisotopic (exact) mass is 374 g/mol. The molecule has 0 saturated carbocycles. The standard InChI is InChI=1S/C11H9BrCl2N6/c1-19-11(16-17-18-19)7-5-15-20(10(7)12)9-3-2-6(13)4-8(9)14/h2-5,17-18H,1H3. The fraction of sp³-hybridized carbons (Fsp3) is 0.0909. The van der Waals surface area contributed by atoms with Crippen LogP contribution in [0, 0.1) is 0 Å². The smallest absolute Gasteiger partial charge is 0.177 e. The number of nitrogens with zero attached hydrogens (tertiary/aromatic N) is 4. The fourth-order valence-electron chi connectivity index (χ4n) is 1.83. The molecule has 2 heterocycles. The Balaban J connectivity index is 2.06. The largest absolute Gasteiger partial charge is 0.274 e. The highest BCUT2D eigenvalue weighted by Crippen LogP contribution is 2.28. The summed E-state index contributed by atoms with van der Waals surface area (Å²) in [6.45, 7) is 0. The van der Waals surface area contributed by atoms with Gasteiger partial charge < -0.3 is 0 Å². The molecule has 0 atom stereocenters. The third-order valence-corrected chi connectivity index (χ3v) is 4.09. The Morgan fingerprint density at radius 2 is 2.10 bits per heavy atom. The van der Waals surface area contributed by atoms with Gasteiger partial charge in [0.2, 0.25) is 0 Å². The zero-order valence-corrected chi connectivity index (χ0v) is 13.3. The van der Waals surface area contributed by atoms with Crippen molar-refractivity contribution in [3.05, 3.63) is 44.6 Å². The summed E-state index contributed by atoms with van der Waals surface area (Å²) in [6.07, 6.45) is 1.71. The van der Waals surface area contributed by atoms with Gasteiger partial charge in [-0.3, -0.25) is 5.01 Å². The summed E-state index contributed by atoms with van der Waals surface area (Å²) >= 11 is 15.6. The van der Waals surface area contributed by atoms with Crippen molar-refractivity contribution in [1.29, 1.82) is 0 Å². The maximum absolute atomic E-state index is 6.20. The number of hydrogen-bond acceptors (Lipinski definition) is 5. The highest BCUT2D eigenvalue weighted by Gasteiger charge is 2.21. The van der Waals surface area contributed by atoms with E-state index in [1.165, 1.54) is 0 Å². The average molecular weight is 376 g/mol. The third-order valence-electron chi connectivity index (χ3n) is 2.79.